The van der Waals surface area contributed by atoms with E-state index in [2.05, 4.69) is 5.32 Å². The van der Waals surface area contributed by atoms with Gasteiger partial charge in [0, 0.05) is 36.9 Å². The molecule has 0 fully saturated rings. The first kappa shape index (κ1) is 19.5. The second-order valence-electron chi connectivity index (χ2n) is 5.85. The number of allylic oxidation sites excluding steroid dienone is 1. The minimum Gasteiger partial charge on any atom is -0.478 e. The van der Waals surface area contributed by atoms with E-state index in [1.165, 1.54) is 11.1 Å². The van der Waals surface area contributed by atoms with E-state index in [4.69, 9.17) is 11.6 Å². The zero-order valence-electron chi connectivity index (χ0n) is 14.3. The molecular weight excluding hydrogens is 360 g/mol. The van der Waals surface area contributed by atoms with Gasteiger partial charge in [-0.2, -0.15) is 0 Å². The van der Waals surface area contributed by atoms with Crippen LogP contribution in [0, 0.1) is 0 Å². The van der Waals surface area contributed by atoms with E-state index in [1.54, 1.807) is 38.2 Å². The van der Waals surface area contributed by atoms with E-state index < -0.39 is 17.9 Å². The van der Waals surface area contributed by atoms with E-state index in [0.717, 1.165) is 0 Å². The quantitative estimate of drug-likeness (QED) is 0.657. The number of carbonyl (C=O) groups excluding carboxylic acids is 1. The summed E-state index contributed by atoms with van der Waals surface area (Å²) in [4.78, 5) is 36.7. The van der Waals surface area contributed by atoms with Crippen LogP contribution < -0.4 is 5.32 Å². The molecule has 0 aliphatic carbocycles. The summed E-state index contributed by atoms with van der Waals surface area (Å²) in [7, 11) is 1.60. The molecule has 1 amide bonds. The van der Waals surface area contributed by atoms with Crippen LogP contribution in [0.2, 0.25) is 0 Å². The Hall–Kier alpha value is -2.80. The lowest BCUT2D eigenvalue weighted by Crippen LogP contribution is -2.29. The highest BCUT2D eigenvalue weighted by molar-refractivity contribution is 6.19. The molecule has 1 aliphatic rings. The molecule has 138 valence electrons. The normalized spacial score (nSPS) is 17.0. The van der Waals surface area contributed by atoms with Gasteiger partial charge in [-0.1, -0.05) is 12.1 Å². The predicted octanol–water partition coefficient (Wildman–Crippen LogP) is 2.61. The van der Waals surface area contributed by atoms with Crippen LogP contribution in [0.25, 0.3) is 0 Å². The maximum absolute atomic E-state index is 11.8. The van der Waals surface area contributed by atoms with E-state index >= 15 is 0 Å². The second kappa shape index (κ2) is 8.05. The molecule has 1 aromatic rings. The topological polar surface area (TPSA) is 107 Å². The van der Waals surface area contributed by atoms with Crippen molar-refractivity contribution >= 4 is 35.1 Å². The van der Waals surface area contributed by atoms with E-state index in [9.17, 15) is 24.6 Å². The van der Waals surface area contributed by atoms with Crippen LogP contribution in [0.4, 0.5) is 5.69 Å². The van der Waals surface area contributed by atoms with Gasteiger partial charge in [-0.25, -0.2) is 9.59 Å². The number of halogens is 1. The lowest BCUT2D eigenvalue weighted by Gasteiger charge is -2.30. The van der Waals surface area contributed by atoms with Crippen molar-refractivity contribution in [1.29, 1.82) is 0 Å². The number of nitrogens with one attached hydrogen (secondary N) is 1. The number of hydrogen-bond donors (Lipinski definition) is 3. The molecule has 1 aliphatic heterocycles. The summed E-state index contributed by atoms with van der Waals surface area (Å²) in [6.45, 7) is 1.62. The standard InChI is InChI=1S/C18H19ClN2O5/c1-10-15(18(25)26)16(13(17(23)24)9-21(10)2)11-4-3-5-12(8-11)20-14(22)6-7-19/h3-5,8-9,16H,6-7H2,1-2H3,(H,20,22)(H,23,24)(H,25,26). The second-order valence-corrected chi connectivity index (χ2v) is 6.23. The summed E-state index contributed by atoms with van der Waals surface area (Å²) in [5.74, 6) is -3.45. The van der Waals surface area contributed by atoms with Gasteiger partial charge in [0.15, 0.2) is 0 Å². The Morgan fingerprint density at radius 2 is 1.92 bits per heavy atom. The average Bonchev–Trinajstić information content (AvgIpc) is 2.56. The van der Waals surface area contributed by atoms with Crippen LogP contribution in [0.3, 0.4) is 0 Å². The van der Waals surface area contributed by atoms with Crippen LogP contribution in [0.1, 0.15) is 24.8 Å². The molecule has 3 N–H and O–H groups in total. The Morgan fingerprint density at radius 1 is 1.23 bits per heavy atom. The van der Waals surface area contributed by atoms with Gasteiger partial charge in [-0.3, -0.25) is 4.79 Å². The minimum atomic E-state index is -1.20. The number of amides is 1. The average molecular weight is 379 g/mol. The van der Waals surface area contributed by atoms with Crippen molar-refractivity contribution in [3.05, 3.63) is 52.9 Å². The van der Waals surface area contributed by atoms with E-state index in [1.807, 2.05) is 0 Å². The van der Waals surface area contributed by atoms with Crippen LogP contribution in [0.5, 0.6) is 0 Å². The SMILES string of the molecule is CC1=C(C(=O)O)C(c2cccc(NC(=O)CCCl)c2)C(C(=O)O)=CN1C. The highest BCUT2D eigenvalue weighted by Crippen LogP contribution is 2.39. The Kier molecular flexibility index (Phi) is 6.05. The van der Waals surface area contributed by atoms with Crippen molar-refractivity contribution in [2.45, 2.75) is 19.3 Å². The molecule has 8 heteroatoms. The zero-order chi connectivity index (χ0) is 19.4. The minimum absolute atomic E-state index is 0.0170. The van der Waals surface area contributed by atoms with Gasteiger partial charge >= 0.3 is 11.9 Å². The van der Waals surface area contributed by atoms with Gasteiger partial charge < -0.3 is 20.4 Å². The highest BCUT2D eigenvalue weighted by Gasteiger charge is 2.35. The lowest BCUT2D eigenvalue weighted by atomic mass is 9.81. The Morgan fingerprint density at radius 3 is 2.50 bits per heavy atom. The fourth-order valence-corrected chi connectivity index (χ4v) is 3.01. The van der Waals surface area contributed by atoms with Gasteiger partial charge in [0.25, 0.3) is 0 Å². The monoisotopic (exact) mass is 378 g/mol. The number of benzene rings is 1. The molecule has 1 aromatic carbocycles. The van der Waals surface area contributed by atoms with Gasteiger partial charge in [0.2, 0.25) is 5.91 Å². The van der Waals surface area contributed by atoms with E-state index in [-0.39, 0.29) is 29.4 Å². The largest absolute Gasteiger partial charge is 0.478 e. The summed E-state index contributed by atoms with van der Waals surface area (Å²) < 4.78 is 0. The van der Waals surface area contributed by atoms with Gasteiger partial charge in [0.1, 0.15) is 0 Å². The molecule has 2 rings (SSSR count). The first-order valence-corrected chi connectivity index (χ1v) is 8.37. The third-order valence-electron chi connectivity index (χ3n) is 4.15. The zero-order valence-corrected chi connectivity index (χ0v) is 15.1. The summed E-state index contributed by atoms with van der Waals surface area (Å²) in [5.41, 5.74) is 1.29. The van der Waals surface area contributed by atoms with Gasteiger partial charge in [-0.15, -0.1) is 11.6 Å². The number of nitrogens with zero attached hydrogens (tertiary/aromatic N) is 1. The molecular formula is C18H19ClN2O5. The number of carbonyl (C=O) groups is 3. The van der Waals surface area contributed by atoms with Crippen molar-refractivity contribution in [3.63, 3.8) is 0 Å². The number of anilines is 1. The molecule has 1 atom stereocenters. The number of alkyl halides is 1. The molecule has 1 heterocycles. The van der Waals surface area contributed by atoms with Crippen LogP contribution in [-0.4, -0.2) is 45.9 Å². The molecule has 7 nitrogen and oxygen atoms in total. The summed E-state index contributed by atoms with van der Waals surface area (Å²) in [6.07, 6.45) is 1.55. The van der Waals surface area contributed by atoms with Crippen molar-refractivity contribution < 1.29 is 24.6 Å². The number of carboxylic acid groups (broad SMARTS) is 2. The third-order valence-corrected chi connectivity index (χ3v) is 4.34. The third kappa shape index (κ3) is 4.05. The van der Waals surface area contributed by atoms with Crippen LogP contribution in [0.15, 0.2) is 47.3 Å². The maximum atomic E-state index is 11.8. The maximum Gasteiger partial charge on any atom is 0.334 e. The fraction of sp³-hybridized carbons (Fsp3) is 0.278. The first-order valence-electron chi connectivity index (χ1n) is 7.84. The summed E-state index contributed by atoms with van der Waals surface area (Å²) in [6, 6.07) is 6.50. The summed E-state index contributed by atoms with van der Waals surface area (Å²) in [5, 5.41) is 21.9. The molecule has 0 radical (unpaired) electrons. The van der Waals surface area contributed by atoms with Crippen molar-refractivity contribution in [3.8, 4) is 0 Å². The molecule has 0 aromatic heterocycles. The molecule has 0 bridgehead atoms. The number of rotatable bonds is 6. The van der Waals surface area contributed by atoms with Crippen molar-refractivity contribution in [2.24, 2.45) is 0 Å². The van der Waals surface area contributed by atoms with Crippen LogP contribution >= 0.6 is 11.6 Å². The fourth-order valence-electron chi connectivity index (χ4n) is 2.84. The molecule has 0 saturated heterocycles. The molecule has 1 unspecified atom stereocenters. The van der Waals surface area contributed by atoms with Crippen LogP contribution in [-0.2, 0) is 14.4 Å². The Bertz CT molecular complexity index is 816. The Balaban J connectivity index is 2.51. The predicted molar refractivity (Wildman–Crippen MR) is 97.0 cm³/mol. The molecule has 26 heavy (non-hydrogen) atoms. The lowest BCUT2D eigenvalue weighted by molar-refractivity contribution is -0.133. The van der Waals surface area contributed by atoms with Crippen molar-refractivity contribution in [2.75, 3.05) is 18.2 Å². The number of aliphatic carboxylic acids is 2. The first-order chi connectivity index (χ1) is 12.3. The number of hydrogen-bond acceptors (Lipinski definition) is 4. The number of carboxylic acids is 2. The van der Waals surface area contributed by atoms with E-state index in [0.29, 0.717) is 16.9 Å². The Labute approximate surface area is 155 Å². The van der Waals surface area contributed by atoms with Gasteiger partial charge in [0.05, 0.1) is 17.1 Å². The molecule has 0 spiro atoms. The van der Waals surface area contributed by atoms with Crippen molar-refractivity contribution in [1.82, 2.24) is 4.90 Å². The smallest absolute Gasteiger partial charge is 0.334 e. The molecule has 0 saturated carbocycles. The summed E-state index contributed by atoms with van der Waals surface area (Å²) >= 11 is 5.54. The van der Waals surface area contributed by atoms with Gasteiger partial charge in [-0.05, 0) is 24.6 Å². The highest BCUT2D eigenvalue weighted by atomic mass is 35.5.